The number of carbonyl (C=O) groups is 1. The maximum Gasteiger partial charge on any atom is 0.238 e. The number of nitrogens with two attached hydrogens (primary N) is 1. The summed E-state index contributed by atoms with van der Waals surface area (Å²) in [5, 5.41) is 6.85. The number of rotatable bonds is 5. The first kappa shape index (κ1) is 18.4. The summed E-state index contributed by atoms with van der Waals surface area (Å²) in [5.74, 6) is -1.64. The van der Waals surface area contributed by atoms with Crippen molar-refractivity contribution in [2.45, 2.75) is 22.0 Å². The van der Waals surface area contributed by atoms with Crippen LogP contribution in [0.4, 0.5) is 14.5 Å². The van der Waals surface area contributed by atoms with E-state index in [0.29, 0.717) is 5.69 Å². The molecule has 128 valence electrons. The lowest BCUT2D eigenvalue weighted by Crippen LogP contribution is -2.22. The molecular formula is C15H14F2N2O3S2. The van der Waals surface area contributed by atoms with E-state index in [1.165, 1.54) is 24.3 Å². The van der Waals surface area contributed by atoms with Crippen LogP contribution in [0.3, 0.4) is 0 Å². The number of anilines is 1. The molecule has 0 saturated heterocycles. The van der Waals surface area contributed by atoms with Crippen molar-refractivity contribution in [3.63, 3.8) is 0 Å². The van der Waals surface area contributed by atoms with Crippen molar-refractivity contribution in [3.8, 4) is 0 Å². The molecule has 0 bridgehead atoms. The summed E-state index contributed by atoms with van der Waals surface area (Å²) in [5.41, 5.74) is 0.361. The van der Waals surface area contributed by atoms with Crippen LogP contribution >= 0.6 is 11.8 Å². The molecule has 0 saturated carbocycles. The summed E-state index contributed by atoms with van der Waals surface area (Å²) in [6.45, 7) is 1.54. The first-order valence-corrected chi connectivity index (χ1v) is 9.15. The molecule has 2 aromatic carbocycles. The van der Waals surface area contributed by atoms with Crippen LogP contribution in [0.25, 0.3) is 0 Å². The van der Waals surface area contributed by atoms with E-state index in [9.17, 15) is 22.0 Å². The van der Waals surface area contributed by atoms with Gasteiger partial charge in [0.2, 0.25) is 15.9 Å². The zero-order chi connectivity index (χ0) is 17.9. The largest absolute Gasteiger partial charge is 0.325 e. The molecule has 5 nitrogen and oxygen atoms in total. The second-order valence-electron chi connectivity index (χ2n) is 4.89. The fourth-order valence-corrected chi connectivity index (χ4v) is 3.21. The summed E-state index contributed by atoms with van der Waals surface area (Å²) in [6.07, 6.45) is 0. The molecule has 2 aromatic rings. The fraction of sp³-hybridized carbons (Fsp3) is 0.133. The number of thioether (sulfide) groups is 1. The SMILES string of the molecule is CC(Sc1cc(F)ccc1F)C(=O)Nc1ccc(S(N)(=O)=O)cc1. The van der Waals surface area contributed by atoms with E-state index >= 15 is 0 Å². The van der Waals surface area contributed by atoms with Crippen molar-refractivity contribution in [3.05, 3.63) is 54.1 Å². The smallest absolute Gasteiger partial charge is 0.238 e. The Morgan fingerprint density at radius 2 is 1.79 bits per heavy atom. The predicted octanol–water partition coefficient (Wildman–Crippen LogP) is 2.73. The highest BCUT2D eigenvalue weighted by atomic mass is 32.2. The molecule has 2 rings (SSSR count). The average Bonchev–Trinajstić information content (AvgIpc) is 2.50. The van der Waals surface area contributed by atoms with E-state index in [1.54, 1.807) is 6.92 Å². The number of primary sulfonamides is 1. The van der Waals surface area contributed by atoms with Gasteiger partial charge < -0.3 is 5.32 Å². The van der Waals surface area contributed by atoms with Gasteiger partial charge in [-0.05, 0) is 49.4 Å². The molecule has 0 aliphatic heterocycles. The van der Waals surface area contributed by atoms with E-state index in [4.69, 9.17) is 5.14 Å². The van der Waals surface area contributed by atoms with Gasteiger partial charge in [-0.25, -0.2) is 22.3 Å². The maximum absolute atomic E-state index is 13.6. The fourth-order valence-electron chi connectivity index (χ4n) is 1.78. The number of sulfonamides is 1. The molecule has 24 heavy (non-hydrogen) atoms. The van der Waals surface area contributed by atoms with E-state index in [-0.39, 0.29) is 9.79 Å². The van der Waals surface area contributed by atoms with Gasteiger partial charge in [0.05, 0.1) is 10.1 Å². The van der Waals surface area contributed by atoms with Crippen LogP contribution in [-0.4, -0.2) is 19.6 Å². The molecule has 3 N–H and O–H groups in total. The van der Waals surface area contributed by atoms with Crippen LogP contribution in [0.1, 0.15) is 6.92 Å². The highest BCUT2D eigenvalue weighted by Crippen LogP contribution is 2.27. The normalized spacial score (nSPS) is 12.7. The lowest BCUT2D eigenvalue weighted by molar-refractivity contribution is -0.115. The summed E-state index contributed by atoms with van der Waals surface area (Å²) < 4.78 is 49.0. The highest BCUT2D eigenvalue weighted by Gasteiger charge is 2.17. The topological polar surface area (TPSA) is 89.3 Å². The quantitative estimate of drug-likeness (QED) is 0.790. The Kier molecular flexibility index (Phi) is 5.58. The van der Waals surface area contributed by atoms with E-state index in [0.717, 1.165) is 30.0 Å². The Balaban J connectivity index is 2.05. The number of nitrogens with one attached hydrogen (secondary N) is 1. The third kappa shape index (κ3) is 4.76. The lowest BCUT2D eigenvalue weighted by Gasteiger charge is -2.13. The molecule has 0 radical (unpaired) electrons. The molecule has 0 spiro atoms. The van der Waals surface area contributed by atoms with Crippen LogP contribution < -0.4 is 10.5 Å². The molecule has 1 atom stereocenters. The van der Waals surface area contributed by atoms with Gasteiger partial charge in [-0.2, -0.15) is 0 Å². The number of halogens is 2. The summed E-state index contributed by atoms with van der Waals surface area (Å²) >= 11 is 0.876. The Labute approximate surface area is 142 Å². The van der Waals surface area contributed by atoms with E-state index < -0.39 is 32.8 Å². The predicted molar refractivity (Wildman–Crippen MR) is 88.1 cm³/mol. The molecule has 0 heterocycles. The second-order valence-corrected chi connectivity index (χ2v) is 7.84. The van der Waals surface area contributed by atoms with Crippen LogP contribution in [0.15, 0.2) is 52.3 Å². The number of carbonyl (C=O) groups excluding carboxylic acids is 1. The summed E-state index contributed by atoms with van der Waals surface area (Å²) in [6, 6.07) is 8.30. The van der Waals surface area contributed by atoms with Crippen molar-refractivity contribution in [2.24, 2.45) is 5.14 Å². The lowest BCUT2D eigenvalue weighted by atomic mass is 10.3. The van der Waals surface area contributed by atoms with Crippen molar-refractivity contribution < 1.29 is 22.0 Å². The van der Waals surface area contributed by atoms with Gasteiger partial charge >= 0.3 is 0 Å². The van der Waals surface area contributed by atoms with Crippen LogP contribution in [0, 0.1) is 11.6 Å². The number of hydrogen-bond acceptors (Lipinski definition) is 4. The number of amides is 1. The number of benzene rings is 2. The minimum atomic E-state index is -3.81. The van der Waals surface area contributed by atoms with Gasteiger partial charge in [0.15, 0.2) is 0 Å². The maximum atomic E-state index is 13.6. The first-order chi connectivity index (χ1) is 11.2. The van der Waals surface area contributed by atoms with Crippen molar-refractivity contribution in [1.29, 1.82) is 0 Å². The molecule has 9 heteroatoms. The minimum absolute atomic E-state index is 0.0298. The highest BCUT2D eigenvalue weighted by molar-refractivity contribution is 8.00. The third-order valence-corrected chi connectivity index (χ3v) is 5.08. The van der Waals surface area contributed by atoms with Gasteiger partial charge in [0.25, 0.3) is 0 Å². The van der Waals surface area contributed by atoms with Gasteiger partial charge in [0.1, 0.15) is 11.6 Å². The zero-order valence-electron chi connectivity index (χ0n) is 12.5. The van der Waals surface area contributed by atoms with Crippen molar-refractivity contribution in [2.75, 3.05) is 5.32 Å². The standard InChI is InChI=1S/C15H14F2N2O3S2/c1-9(23-14-8-10(16)2-7-13(14)17)15(20)19-11-3-5-12(6-4-11)24(18,21)22/h2-9H,1H3,(H,19,20)(H2,18,21,22). The Bertz CT molecular complexity index is 856. The van der Waals surface area contributed by atoms with Gasteiger partial charge in [-0.15, -0.1) is 11.8 Å². The second kappa shape index (κ2) is 7.29. The Hall–Kier alpha value is -1.97. The Morgan fingerprint density at radius 3 is 2.38 bits per heavy atom. The van der Waals surface area contributed by atoms with Crippen molar-refractivity contribution >= 4 is 33.4 Å². The molecule has 1 unspecified atom stereocenters. The summed E-state index contributed by atoms with van der Waals surface area (Å²) in [7, 11) is -3.81. The Morgan fingerprint density at radius 1 is 1.17 bits per heavy atom. The van der Waals surface area contributed by atoms with Gasteiger partial charge in [-0.1, -0.05) is 0 Å². The molecule has 1 amide bonds. The van der Waals surface area contributed by atoms with Crippen LogP contribution in [0.5, 0.6) is 0 Å². The molecule has 0 aliphatic rings. The van der Waals surface area contributed by atoms with Crippen LogP contribution in [0.2, 0.25) is 0 Å². The van der Waals surface area contributed by atoms with Crippen LogP contribution in [-0.2, 0) is 14.8 Å². The monoisotopic (exact) mass is 372 g/mol. The zero-order valence-corrected chi connectivity index (χ0v) is 14.1. The molecule has 0 aromatic heterocycles. The summed E-state index contributed by atoms with van der Waals surface area (Å²) in [4.78, 5) is 12.1. The average molecular weight is 372 g/mol. The van der Waals surface area contributed by atoms with Crippen molar-refractivity contribution in [1.82, 2.24) is 0 Å². The van der Waals surface area contributed by atoms with Gasteiger partial charge in [-0.3, -0.25) is 4.79 Å². The van der Waals surface area contributed by atoms with E-state index in [2.05, 4.69) is 5.32 Å². The van der Waals surface area contributed by atoms with E-state index in [1.807, 2.05) is 0 Å². The minimum Gasteiger partial charge on any atom is -0.325 e. The molecule has 0 aliphatic carbocycles. The molecule has 0 fully saturated rings. The first-order valence-electron chi connectivity index (χ1n) is 6.72. The molecular weight excluding hydrogens is 358 g/mol. The number of hydrogen-bond donors (Lipinski definition) is 2. The van der Waals surface area contributed by atoms with Gasteiger partial charge in [0, 0.05) is 10.6 Å². The third-order valence-electron chi connectivity index (χ3n) is 3.02.